The van der Waals surface area contributed by atoms with Gasteiger partial charge in [0.05, 0.1) is 7.11 Å². The minimum absolute atomic E-state index is 0. The standard InChI is InChI=1S/C21H36N4O.HI/c1-18-10-6-8-16-25(18)17-9-7-14-23-21(22-2)24-15-13-19-11-4-5-12-20(19)26-3;/h4-5,11-12,18H,6-10,13-17H2,1-3H3,(H2,22,23,24);1H. The molecule has 0 saturated carbocycles. The number of benzene rings is 1. The van der Waals surface area contributed by atoms with Gasteiger partial charge in [0.25, 0.3) is 0 Å². The molecule has 6 heteroatoms. The van der Waals surface area contributed by atoms with Crippen molar-refractivity contribution in [2.45, 2.75) is 51.5 Å². The summed E-state index contributed by atoms with van der Waals surface area (Å²) >= 11 is 0. The van der Waals surface area contributed by atoms with Crippen molar-refractivity contribution in [3.63, 3.8) is 0 Å². The Balaban J connectivity index is 0.00000364. The monoisotopic (exact) mass is 488 g/mol. The first kappa shape index (κ1) is 24.0. The molecule has 1 aromatic rings. The van der Waals surface area contributed by atoms with Crippen LogP contribution < -0.4 is 15.4 Å². The molecule has 1 aliphatic heterocycles. The summed E-state index contributed by atoms with van der Waals surface area (Å²) in [7, 11) is 3.55. The summed E-state index contributed by atoms with van der Waals surface area (Å²) < 4.78 is 5.40. The molecule has 1 aromatic carbocycles. The third kappa shape index (κ3) is 8.68. The second kappa shape index (κ2) is 14.0. The number of piperidine rings is 1. The fourth-order valence-electron chi connectivity index (χ4n) is 3.58. The van der Waals surface area contributed by atoms with Crippen molar-refractivity contribution in [3.8, 4) is 5.75 Å². The van der Waals surface area contributed by atoms with E-state index < -0.39 is 0 Å². The van der Waals surface area contributed by atoms with Crippen molar-refractivity contribution in [2.24, 2.45) is 4.99 Å². The zero-order chi connectivity index (χ0) is 18.6. The number of hydrogen-bond acceptors (Lipinski definition) is 3. The maximum atomic E-state index is 5.40. The molecule has 0 amide bonds. The van der Waals surface area contributed by atoms with Gasteiger partial charge in [-0.05, 0) is 63.7 Å². The largest absolute Gasteiger partial charge is 0.496 e. The van der Waals surface area contributed by atoms with Crippen LogP contribution in [0, 0.1) is 0 Å². The fourth-order valence-corrected chi connectivity index (χ4v) is 3.58. The van der Waals surface area contributed by atoms with Gasteiger partial charge < -0.3 is 20.3 Å². The SMILES string of the molecule is CN=C(NCCCCN1CCCCC1C)NCCc1ccccc1OC.I. The Bertz CT molecular complexity index is 553. The molecule has 5 nitrogen and oxygen atoms in total. The number of guanidine groups is 1. The molecule has 1 saturated heterocycles. The van der Waals surface area contributed by atoms with Crippen LogP contribution in [0.5, 0.6) is 5.75 Å². The lowest BCUT2D eigenvalue weighted by Gasteiger charge is -2.33. The van der Waals surface area contributed by atoms with Crippen LogP contribution in [0.2, 0.25) is 0 Å². The number of unbranched alkanes of at least 4 members (excludes halogenated alkanes) is 1. The number of likely N-dealkylation sites (tertiary alicyclic amines) is 1. The molecule has 0 radical (unpaired) electrons. The minimum atomic E-state index is 0. The van der Waals surface area contributed by atoms with Gasteiger partial charge in [0.2, 0.25) is 0 Å². The molecule has 1 fully saturated rings. The van der Waals surface area contributed by atoms with E-state index in [2.05, 4.69) is 33.5 Å². The number of nitrogens with zero attached hydrogens (tertiary/aromatic N) is 2. The highest BCUT2D eigenvalue weighted by molar-refractivity contribution is 14.0. The second-order valence-corrected chi connectivity index (χ2v) is 7.08. The summed E-state index contributed by atoms with van der Waals surface area (Å²) in [4.78, 5) is 6.96. The molecule has 1 atom stereocenters. The highest BCUT2D eigenvalue weighted by atomic mass is 127. The molecule has 2 N–H and O–H groups in total. The Kier molecular flexibility index (Phi) is 12.5. The Morgan fingerprint density at radius 2 is 1.96 bits per heavy atom. The number of aliphatic imine (C=N–C) groups is 1. The third-order valence-electron chi connectivity index (χ3n) is 5.21. The second-order valence-electron chi connectivity index (χ2n) is 7.08. The first-order chi connectivity index (χ1) is 12.7. The van der Waals surface area contributed by atoms with Gasteiger partial charge in [-0.15, -0.1) is 24.0 Å². The van der Waals surface area contributed by atoms with Crippen LogP contribution in [0.25, 0.3) is 0 Å². The van der Waals surface area contributed by atoms with Crippen molar-refractivity contribution in [2.75, 3.05) is 40.3 Å². The molecular formula is C21H37IN4O. The first-order valence-corrected chi connectivity index (χ1v) is 10.0. The van der Waals surface area contributed by atoms with Gasteiger partial charge in [-0.3, -0.25) is 4.99 Å². The summed E-state index contributed by atoms with van der Waals surface area (Å²) in [6.45, 7) is 6.68. The van der Waals surface area contributed by atoms with E-state index in [-0.39, 0.29) is 24.0 Å². The van der Waals surface area contributed by atoms with E-state index in [1.54, 1.807) is 7.11 Å². The zero-order valence-corrected chi connectivity index (χ0v) is 19.5. The molecular weight excluding hydrogens is 451 g/mol. The van der Waals surface area contributed by atoms with E-state index in [0.717, 1.165) is 37.3 Å². The molecule has 1 heterocycles. The summed E-state index contributed by atoms with van der Waals surface area (Å²) in [6, 6.07) is 8.93. The lowest BCUT2D eigenvalue weighted by atomic mass is 10.0. The predicted molar refractivity (Wildman–Crippen MR) is 126 cm³/mol. The fraction of sp³-hybridized carbons (Fsp3) is 0.667. The van der Waals surface area contributed by atoms with Crippen LogP contribution in [-0.2, 0) is 6.42 Å². The number of hydrogen-bond donors (Lipinski definition) is 2. The number of methoxy groups -OCH3 is 1. The lowest BCUT2D eigenvalue weighted by molar-refractivity contribution is 0.158. The van der Waals surface area contributed by atoms with Gasteiger partial charge in [-0.1, -0.05) is 24.6 Å². The molecule has 1 unspecified atom stereocenters. The van der Waals surface area contributed by atoms with Gasteiger partial charge in [-0.25, -0.2) is 0 Å². The van der Waals surface area contributed by atoms with Crippen molar-refractivity contribution in [3.05, 3.63) is 29.8 Å². The molecule has 1 aliphatic rings. The Morgan fingerprint density at radius 1 is 1.19 bits per heavy atom. The molecule has 0 aromatic heterocycles. The topological polar surface area (TPSA) is 48.9 Å². The summed E-state index contributed by atoms with van der Waals surface area (Å²) in [6.07, 6.45) is 7.46. The van der Waals surface area contributed by atoms with Crippen LogP contribution in [-0.4, -0.2) is 57.2 Å². The van der Waals surface area contributed by atoms with Crippen molar-refractivity contribution in [1.29, 1.82) is 0 Å². The number of ether oxygens (including phenoxy) is 1. The van der Waals surface area contributed by atoms with Crippen molar-refractivity contribution >= 4 is 29.9 Å². The normalized spacial score (nSPS) is 17.9. The van der Waals surface area contributed by atoms with Gasteiger partial charge in [0.15, 0.2) is 5.96 Å². The summed E-state index contributed by atoms with van der Waals surface area (Å²) in [5.41, 5.74) is 1.22. The van der Waals surface area contributed by atoms with E-state index in [1.807, 2.05) is 25.2 Å². The molecule has 0 bridgehead atoms. The molecule has 0 spiro atoms. The van der Waals surface area contributed by atoms with Crippen LogP contribution in [0.4, 0.5) is 0 Å². The molecule has 154 valence electrons. The number of halogens is 1. The molecule has 27 heavy (non-hydrogen) atoms. The van der Waals surface area contributed by atoms with Gasteiger partial charge in [0, 0.05) is 26.2 Å². The van der Waals surface area contributed by atoms with Crippen molar-refractivity contribution < 1.29 is 4.74 Å². The van der Waals surface area contributed by atoms with Gasteiger partial charge in [-0.2, -0.15) is 0 Å². The van der Waals surface area contributed by atoms with E-state index in [0.29, 0.717) is 0 Å². The quantitative estimate of drug-likeness (QED) is 0.241. The Labute approximate surface area is 182 Å². The summed E-state index contributed by atoms with van der Waals surface area (Å²) in [5.74, 6) is 1.83. The van der Waals surface area contributed by atoms with Crippen LogP contribution in [0.1, 0.15) is 44.6 Å². The smallest absolute Gasteiger partial charge is 0.190 e. The zero-order valence-electron chi connectivity index (χ0n) is 17.2. The van der Waals surface area contributed by atoms with Gasteiger partial charge >= 0.3 is 0 Å². The van der Waals surface area contributed by atoms with Gasteiger partial charge in [0.1, 0.15) is 5.75 Å². The van der Waals surface area contributed by atoms with E-state index in [4.69, 9.17) is 4.74 Å². The van der Waals surface area contributed by atoms with E-state index in [1.165, 1.54) is 50.8 Å². The Hall–Kier alpha value is -1.02. The van der Waals surface area contributed by atoms with Crippen LogP contribution >= 0.6 is 24.0 Å². The predicted octanol–water partition coefficient (Wildman–Crippen LogP) is 3.68. The average molecular weight is 488 g/mol. The average Bonchev–Trinajstić information content (AvgIpc) is 2.68. The molecule has 2 rings (SSSR count). The number of para-hydroxylation sites is 1. The lowest BCUT2D eigenvalue weighted by Crippen LogP contribution is -2.40. The van der Waals surface area contributed by atoms with Crippen molar-refractivity contribution in [1.82, 2.24) is 15.5 Å². The highest BCUT2D eigenvalue weighted by Crippen LogP contribution is 2.17. The third-order valence-corrected chi connectivity index (χ3v) is 5.21. The highest BCUT2D eigenvalue weighted by Gasteiger charge is 2.16. The number of rotatable bonds is 9. The maximum absolute atomic E-state index is 5.40. The van der Waals surface area contributed by atoms with Crippen LogP contribution in [0.3, 0.4) is 0 Å². The van der Waals surface area contributed by atoms with E-state index >= 15 is 0 Å². The Morgan fingerprint density at radius 3 is 2.70 bits per heavy atom. The molecule has 0 aliphatic carbocycles. The maximum Gasteiger partial charge on any atom is 0.190 e. The number of nitrogens with one attached hydrogen (secondary N) is 2. The minimum Gasteiger partial charge on any atom is -0.496 e. The summed E-state index contributed by atoms with van der Waals surface area (Å²) in [5, 5.41) is 6.81. The van der Waals surface area contributed by atoms with Crippen LogP contribution in [0.15, 0.2) is 29.3 Å². The first-order valence-electron chi connectivity index (χ1n) is 10.0. The van der Waals surface area contributed by atoms with E-state index in [9.17, 15) is 0 Å².